The molecule has 0 spiro atoms. The highest BCUT2D eigenvalue weighted by Gasteiger charge is 2.35. The lowest BCUT2D eigenvalue weighted by Gasteiger charge is -2.17. The average molecular weight is 537 g/mol. The SMILES string of the molecule is Cc1ccc(NC(=O)c2cc(Cl)c(O)c(Cl)c2)c2c(=O)n(Cc3cccnc3C(F)(F)F)c(C)nc12. The predicted octanol–water partition coefficient (Wildman–Crippen LogP) is 5.74. The molecule has 2 aromatic carbocycles. The van der Waals surface area contributed by atoms with Crippen molar-refractivity contribution < 1.29 is 23.1 Å². The lowest BCUT2D eigenvalue weighted by atomic mass is 10.1. The molecule has 4 rings (SSSR count). The Labute approximate surface area is 212 Å². The van der Waals surface area contributed by atoms with E-state index in [4.69, 9.17) is 23.2 Å². The molecule has 0 atom stereocenters. The first kappa shape index (κ1) is 25.5. The van der Waals surface area contributed by atoms with Crippen LogP contribution in [0.3, 0.4) is 0 Å². The number of anilines is 1. The molecule has 2 N–H and O–H groups in total. The van der Waals surface area contributed by atoms with E-state index in [2.05, 4.69) is 15.3 Å². The minimum absolute atomic E-state index is 0.0158. The van der Waals surface area contributed by atoms with E-state index in [1.807, 2.05) is 0 Å². The van der Waals surface area contributed by atoms with Gasteiger partial charge in [0.15, 0.2) is 5.75 Å². The minimum atomic E-state index is -4.71. The predicted molar refractivity (Wildman–Crippen MR) is 130 cm³/mol. The lowest BCUT2D eigenvalue weighted by molar-refractivity contribution is -0.141. The van der Waals surface area contributed by atoms with E-state index in [-0.39, 0.29) is 49.3 Å². The van der Waals surface area contributed by atoms with Crippen molar-refractivity contribution in [1.82, 2.24) is 14.5 Å². The van der Waals surface area contributed by atoms with Gasteiger partial charge in [-0.25, -0.2) is 4.98 Å². The number of pyridine rings is 1. The fraction of sp³-hybridized carbons (Fsp3) is 0.167. The third-order valence-corrected chi connectivity index (χ3v) is 6.09. The average Bonchev–Trinajstić information content (AvgIpc) is 2.81. The number of aromatic nitrogens is 3. The zero-order valence-electron chi connectivity index (χ0n) is 18.7. The first-order chi connectivity index (χ1) is 16.9. The summed E-state index contributed by atoms with van der Waals surface area (Å²) in [5.74, 6) is -0.873. The molecule has 0 fully saturated rings. The van der Waals surface area contributed by atoms with Crippen LogP contribution >= 0.6 is 23.2 Å². The Morgan fingerprint density at radius 3 is 2.44 bits per heavy atom. The highest BCUT2D eigenvalue weighted by atomic mass is 35.5. The Balaban J connectivity index is 1.83. The number of benzene rings is 2. The summed E-state index contributed by atoms with van der Waals surface area (Å²) < 4.78 is 41.5. The topological polar surface area (TPSA) is 97.1 Å². The quantitative estimate of drug-likeness (QED) is 0.346. The number of aryl methyl sites for hydroxylation is 2. The van der Waals surface area contributed by atoms with Gasteiger partial charge in [-0.3, -0.25) is 19.1 Å². The molecule has 12 heteroatoms. The summed E-state index contributed by atoms with van der Waals surface area (Å²) in [7, 11) is 0. The number of hydrogen-bond acceptors (Lipinski definition) is 5. The van der Waals surface area contributed by atoms with Crippen LogP contribution in [-0.4, -0.2) is 25.5 Å². The summed E-state index contributed by atoms with van der Waals surface area (Å²) in [5.41, 5.74) is -0.927. The van der Waals surface area contributed by atoms with Crippen LogP contribution in [0.25, 0.3) is 10.9 Å². The third kappa shape index (κ3) is 4.74. The second-order valence-electron chi connectivity index (χ2n) is 7.96. The van der Waals surface area contributed by atoms with Gasteiger partial charge in [0.25, 0.3) is 11.5 Å². The zero-order valence-corrected chi connectivity index (χ0v) is 20.3. The molecular weight excluding hydrogens is 520 g/mol. The van der Waals surface area contributed by atoms with Crippen molar-refractivity contribution in [1.29, 1.82) is 0 Å². The number of alkyl halides is 3. The van der Waals surface area contributed by atoms with Gasteiger partial charge in [-0.15, -0.1) is 0 Å². The van der Waals surface area contributed by atoms with Gasteiger partial charge in [0, 0.05) is 17.3 Å². The normalized spacial score (nSPS) is 11.6. The summed E-state index contributed by atoms with van der Waals surface area (Å²) in [4.78, 5) is 34.3. The largest absolute Gasteiger partial charge is 0.505 e. The molecule has 0 aliphatic rings. The smallest absolute Gasteiger partial charge is 0.433 e. The number of nitrogens with one attached hydrogen (secondary N) is 1. The van der Waals surface area contributed by atoms with Gasteiger partial charge < -0.3 is 10.4 Å². The van der Waals surface area contributed by atoms with Gasteiger partial charge in [0.2, 0.25) is 0 Å². The molecule has 2 aromatic heterocycles. The maximum Gasteiger partial charge on any atom is 0.433 e. The molecule has 7 nitrogen and oxygen atoms in total. The van der Waals surface area contributed by atoms with Crippen molar-refractivity contribution in [2.24, 2.45) is 0 Å². The van der Waals surface area contributed by atoms with Crippen molar-refractivity contribution in [2.45, 2.75) is 26.6 Å². The number of phenols is 1. The van der Waals surface area contributed by atoms with E-state index >= 15 is 0 Å². The van der Waals surface area contributed by atoms with Crippen LogP contribution in [0.2, 0.25) is 10.0 Å². The molecule has 0 saturated heterocycles. The summed E-state index contributed by atoms with van der Waals surface area (Å²) >= 11 is 11.8. The van der Waals surface area contributed by atoms with E-state index in [0.29, 0.717) is 5.56 Å². The van der Waals surface area contributed by atoms with Crippen LogP contribution in [0, 0.1) is 13.8 Å². The fourth-order valence-corrected chi connectivity index (χ4v) is 4.22. The number of halogens is 5. The number of rotatable bonds is 4. The first-order valence-electron chi connectivity index (χ1n) is 10.4. The van der Waals surface area contributed by atoms with Gasteiger partial charge in [0.1, 0.15) is 11.5 Å². The highest BCUT2D eigenvalue weighted by molar-refractivity contribution is 6.37. The Bertz CT molecular complexity index is 1560. The van der Waals surface area contributed by atoms with Gasteiger partial charge in [0.05, 0.1) is 33.2 Å². The second-order valence-corrected chi connectivity index (χ2v) is 8.77. The number of phenolic OH excluding ortho intramolecular Hbond substituents is 1. The number of amides is 1. The monoisotopic (exact) mass is 536 g/mol. The number of hydrogen-bond donors (Lipinski definition) is 2. The van der Waals surface area contributed by atoms with Crippen molar-refractivity contribution >= 4 is 45.7 Å². The summed E-state index contributed by atoms with van der Waals surface area (Å²) in [6, 6.07) is 8.14. The number of carbonyl (C=O) groups excluding carboxylic acids is 1. The minimum Gasteiger partial charge on any atom is -0.505 e. The maximum absolute atomic E-state index is 13.6. The van der Waals surface area contributed by atoms with E-state index in [0.717, 1.165) is 10.8 Å². The fourth-order valence-electron chi connectivity index (χ4n) is 3.73. The van der Waals surface area contributed by atoms with Crippen LogP contribution in [0.1, 0.15) is 33.0 Å². The Hall–Kier alpha value is -3.63. The number of aromatic hydroxyl groups is 1. The Kier molecular flexibility index (Phi) is 6.68. The Morgan fingerprint density at radius 2 is 1.81 bits per heavy atom. The van der Waals surface area contributed by atoms with Crippen LogP contribution in [0.15, 0.2) is 47.4 Å². The molecular formula is C24H17Cl2F3N4O3. The van der Waals surface area contributed by atoms with Crippen LogP contribution < -0.4 is 10.9 Å². The van der Waals surface area contributed by atoms with Gasteiger partial charge >= 0.3 is 6.18 Å². The van der Waals surface area contributed by atoms with Crippen LogP contribution in [-0.2, 0) is 12.7 Å². The van der Waals surface area contributed by atoms with Gasteiger partial charge in [-0.1, -0.05) is 35.3 Å². The molecule has 0 saturated carbocycles. The molecule has 2 heterocycles. The molecule has 4 aromatic rings. The first-order valence-corrected chi connectivity index (χ1v) is 11.1. The summed E-state index contributed by atoms with van der Waals surface area (Å²) in [5, 5.41) is 12.1. The number of nitrogens with zero attached hydrogens (tertiary/aromatic N) is 3. The molecule has 36 heavy (non-hydrogen) atoms. The van der Waals surface area contributed by atoms with Crippen molar-refractivity contribution in [2.75, 3.05) is 5.32 Å². The lowest BCUT2D eigenvalue weighted by Crippen LogP contribution is -2.27. The molecule has 0 unspecified atom stereocenters. The third-order valence-electron chi connectivity index (χ3n) is 5.52. The van der Waals surface area contributed by atoms with Crippen LogP contribution in [0.5, 0.6) is 5.75 Å². The highest BCUT2D eigenvalue weighted by Crippen LogP contribution is 2.33. The van der Waals surface area contributed by atoms with Crippen molar-refractivity contribution in [3.05, 3.63) is 91.2 Å². The van der Waals surface area contributed by atoms with Crippen LogP contribution in [0.4, 0.5) is 18.9 Å². The Morgan fingerprint density at radius 1 is 1.14 bits per heavy atom. The molecule has 186 valence electrons. The van der Waals surface area contributed by atoms with Gasteiger partial charge in [-0.2, -0.15) is 13.2 Å². The maximum atomic E-state index is 13.6. The number of fused-ring (bicyclic) bond motifs is 1. The molecule has 0 bridgehead atoms. The molecule has 0 radical (unpaired) electrons. The second kappa shape index (κ2) is 9.44. The molecule has 0 aliphatic heterocycles. The van der Waals surface area contributed by atoms with Crippen molar-refractivity contribution in [3.63, 3.8) is 0 Å². The van der Waals surface area contributed by atoms with E-state index in [1.54, 1.807) is 13.0 Å². The number of carbonyl (C=O) groups is 1. The van der Waals surface area contributed by atoms with E-state index < -0.39 is 29.9 Å². The summed E-state index contributed by atoms with van der Waals surface area (Å²) in [6.07, 6.45) is -3.68. The van der Waals surface area contributed by atoms with E-state index in [1.165, 1.54) is 37.3 Å². The standard InChI is InChI=1S/C24H17Cl2F3N4O3/c1-11-5-6-17(32-22(35)14-8-15(25)20(34)16(26)9-14)18-19(11)31-12(2)33(23(18)36)10-13-4-3-7-30-21(13)24(27,28)29/h3-9,34H,10H2,1-2H3,(H,32,35). The molecule has 1 amide bonds. The van der Waals surface area contributed by atoms with E-state index in [9.17, 15) is 27.9 Å². The summed E-state index contributed by atoms with van der Waals surface area (Å²) in [6.45, 7) is 2.79. The zero-order chi connectivity index (χ0) is 26.4. The van der Waals surface area contributed by atoms with Gasteiger partial charge in [-0.05, 0) is 43.7 Å². The van der Waals surface area contributed by atoms with Crippen molar-refractivity contribution in [3.8, 4) is 5.75 Å². The molecule has 0 aliphatic carbocycles.